The molecule has 0 saturated carbocycles. The lowest BCUT2D eigenvalue weighted by Gasteiger charge is -2.14. The summed E-state index contributed by atoms with van der Waals surface area (Å²) in [5.74, 6) is 0.609. The summed E-state index contributed by atoms with van der Waals surface area (Å²) < 4.78 is 11.2. The third kappa shape index (κ3) is 5.95. The molecule has 0 unspecified atom stereocenters. The number of fused-ring (bicyclic) bond motifs is 1. The highest BCUT2D eigenvalue weighted by Crippen LogP contribution is 2.36. The number of rotatable bonds is 8. The van der Waals surface area contributed by atoms with Crippen LogP contribution >= 0.6 is 24.0 Å². The van der Waals surface area contributed by atoms with Crippen LogP contribution in [0.3, 0.4) is 0 Å². The van der Waals surface area contributed by atoms with Gasteiger partial charge in [-0.25, -0.2) is 0 Å². The van der Waals surface area contributed by atoms with E-state index in [0.29, 0.717) is 45.7 Å². The standard InChI is InChI=1S/C24H23N3O5S2/c28-21(25-26-22(29)17-7-3-1-4-8-17)9-5-2-6-12-27-23(30)20(34-24(27)33)14-16-10-11-18-19(13-16)32-15-31-18/h1,3-4,7-8,10-11,13-14H,2,5-6,9,12,15H2,(H,25,28)(H,26,29)/b20-14-. The highest BCUT2D eigenvalue weighted by molar-refractivity contribution is 8.26. The minimum Gasteiger partial charge on any atom is -0.454 e. The van der Waals surface area contributed by atoms with E-state index in [9.17, 15) is 14.4 Å². The molecule has 176 valence electrons. The van der Waals surface area contributed by atoms with Crippen LogP contribution < -0.4 is 20.3 Å². The first-order chi connectivity index (χ1) is 16.5. The van der Waals surface area contributed by atoms with Crippen molar-refractivity contribution in [1.82, 2.24) is 15.8 Å². The number of carbonyl (C=O) groups is 3. The maximum Gasteiger partial charge on any atom is 0.269 e. The fourth-order valence-corrected chi connectivity index (χ4v) is 4.74. The Morgan fingerprint density at radius 2 is 1.82 bits per heavy atom. The Morgan fingerprint density at radius 1 is 1.03 bits per heavy atom. The van der Waals surface area contributed by atoms with Crippen molar-refractivity contribution in [3.8, 4) is 11.5 Å². The molecular formula is C24H23N3O5S2. The normalized spacial score (nSPS) is 15.6. The van der Waals surface area contributed by atoms with Gasteiger partial charge in [0.15, 0.2) is 11.5 Å². The number of unbranched alkanes of at least 4 members (excludes halogenated alkanes) is 2. The van der Waals surface area contributed by atoms with Gasteiger partial charge in [0, 0.05) is 18.5 Å². The topological polar surface area (TPSA) is 97.0 Å². The van der Waals surface area contributed by atoms with E-state index in [1.807, 2.05) is 24.3 Å². The maximum atomic E-state index is 12.8. The molecule has 2 aromatic carbocycles. The first-order valence-electron chi connectivity index (χ1n) is 10.8. The molecule has 2 aliphatic rings. The van der Waals surface area contributed by atoms with Crippen LogP contribution in [0.4, 0.5) is 0 Å². The molecule has 34 heavy (non-hydrogen) atoms. The number of hydrazine groups is 1. The molecule has 2 N–H and O–H groups in total. The van der Waals surface area contributed by atoms with Gasteiger partial charge in [0.1, 0.15) is 4.32 Å². The fourth-order valence-electron chi connectivity index (χ4n) is 3.43. The highest BCUT2D eigenvalue weighted by Gasteiger charge is 2.31. The zero-order chi connectivity index (χ0) is 23.9. The average Bonchev–Trinajstić information content (AvgIpc) is 3.42. The molecule has 0 aromatic heterocycles. The number of nitrogens with one attached hydrogen (secondary N) is 2. The molecule has 3 amide bonds. The number of thioether (sulfide) groups is 1. The first-order valence-corrected chi connectivity index (χ1v) is 12.0. The summed E-state index contributed by atoms with van der Waals surface area (Å²) in [7, 11) is 0. The van der Waals surface area contributed by atoms with Crippen LogP contribution in [-0.4, -0.2) is 40.3 Å². The van der Waals surface area contributed by atoms with Gasteiger partial charge in [-0.15, -0.1) is 0 Å². The second kappa shape index (κ2) is 11.2. The van der Waals surface area contributed by atoms with Crippen LogP contribution in [0.25, 0.3) is 6.08 Å². The summed E-state index contributed by atoms with van der Waals surface area (Å²) >= 11 is 6.67. The highest BCUT2D eigenvalue weighted by atomic mass is 32.2. The molecule has 2 heterocycles. The van der Waals surface area contributed by atoms with Crippen LogP contribution in [0, 0.1) is 0 Å². The second-order valence-electron chi connectivity index (χ2n) is 7.63. The fraction of sp³-hybridized carbons (Fsp3) is 0.250. The third-order valence-corrected chi connectivity index (χ3v) is 6.58. The van der Waals surface area contributed by atoms with Crippen molar-refractivity contribution in [2.75, 3.05) is 13.3 Å². The van der Waals surface area contributed by atoms with E-state index in [0.717, 1.165) is 12.0 Å². The Labute approximate surface area is 206 Å². The van der Waals surface area contributed by atoms with Crippen molar-refractivity contribution in [2.45, 2.75) is 25.7 Å². The number of nitrogens with zero attached hydrogens (tertiary/aromatic N) is 1. The molecule has 2 aromatic rings. The first kappa shape index (κ1) is 23.8. The van der Waals surface area contributed by atoms with Gasteiger partial charge in [-0.1, -0.05) is 54.7 Å². The number of ether oxygens (including phenoxy) is 2. The Kier molecular flexibility index (Phi) is 7.81. The predicted molar refractivity (Wildman–Crippen MR) is 133 cm³/mol. The van der Waals surface area contributed by atoms with E-state index in [1.54, 1.807) is 35.2 Å². The smallest absolute Gasteiger partial charge is 0.269 e. The lowest BCUT2D eigenvalue weighted by molar-refractivity contribution is -0.123. The Hall–Kier alpha value is -3.37. The second-order valence-corrected chi connectivity index (χ2v) is 9.30. The molecule has 0 aliphatic carbocycles. The van der Waals surface area contributed by atoms with Crippen molar-refractivity contribution in [1.29, 1.82) is 0 Å². The summed E-state index contributed by atoms with van der Waals surface area (Å²) in [6.07, 6.45) is 4.17. The van der Waals surface area contributed by atoms with Gasteiger partial charge >= 0.3 is 0 Å². The van der Waals surface area contributed by atoms with Gasteiger partial charge in [-0.2, -0.15) is 0 Å². The number of thiocarbonyl (C=S) groups is 1. The Morgan fingerprint density at radius 3 is 2.65 bits per heavy atom. The molecule has 0 atom stereocenters. The van der Waals surface area contributed by atoms with Crippen LogP contribution in [0.2, 0.25) is 0 Å². The molecule has 8 nitrogen and oxygen atoms in total. The lowest BCUT2D eigenvalue weighted by Crippen LogP contribution is -2.41. The van der Waals surface area contributed by atoms with Crippen LogP contribution in [0.15, 0.2) is 53.4 Å². The maximum absolute atomic E-state index is 12.8. The molecule has 1 fully saturated rings. The van der Waals surface area contributed by atoms with E-state index in [2.05, 4.69) is 10.9 Å². The van der Waals surface area contributed by atoms with E-state index in [-0.39, 0.29) is 30.9 Å². The summed E-state index contributed by atoms with van der Waals surface area (Å²) in [6.45, 7) is 0.695. The Bertz CT molecular complexity index is 1140. The number of amides is 3. The summed E-state index contributed by atoms with van der Waals surface area (Å²) in [6, 6.07) is 14.2. The quantitative estimate of drug-likeness (QED) is 0.249. The average molecular weight is 498 g/mol. The van der Waals surface area contributed by atoms with Gasteiger partial charge in [0.2, 0.25) is 12.7 Å². The van der Waals surface area contributed by atoms with E-state index < -0.39 is 0 Å². The van der Waals surface area contributed by atoms with Crippen LogP contribution in [0.1, 0.15) is 41.6 Å². The molecule has 4 rings (SSSR count). The van der Waals surface area contributed by atoms with E-state index in [4.69, 9.17) is 21.7 Å². The van der Waals surface area contributed by atoms with E-state index in [1.165, 1.54) is 11.8 Å². The zero-order valence-corrected chi connectivity index (χ0v) is 19.9. The van der Waals surface area contributed by atoms with Gasteiger partial charge in [0.05, 0.1) is 4.91 Å². The largest absolute Gasteiger partial charge is 0.454 e. The van der Waals surface area contributed by atoms with Crippen LogP contribution in [-0.2, 0) is 9.59 Å². The van der Waals surface area contributed by atoms with Gasteiger partial charge < -0.3 is 9.47 Å². The number of benzene rings is 2. The molecule has 0 spiro atoms. The minimum absolute atomic E-state index is 0.117. The molecule has 0 radical (unpaired) electrons. The van der Waals surface area contributed by atoms with Crippen molar-refractivity contribution in [3.63, 3.8) is 0 Å². The predicted octanol–water partition coefficient (Wildman–Crippen LogP) is 3.64. The lowest BCUT2D eigenvalue weighted by atomic mass is 10.1. The van der Waals surface area contributed by atoms with Gasteiger partial charge in [-0.3, -0.25) is 30.1 Å². The molecule has 10 heteroatoms. The number of carbonyl (C=O) groups excluding carboxylic acids is 3. The van der Waals surface area contributed by atoms with Crippen molar-refractivity contribution in [2.24, 2.45) is 0 Å². The zero-order valence-electron chi connectivity index (χ0n) is 18.2. The summed E-state index contributed by atoms with van der Waals surface area (Å²) in [4.78, 5) is 38.8. The third-order valence-electron chi connectivity index (χ3n) is 5.20. The summed E-state index contributed by atoms with van der Waals surface area (Å²) in [5.41, 5.74) is 6.14. The molecular weight excluding hydrogens is 474 g/mol. The van der Waals surface area contributed by atoms with Crippen molar-refractivity contribution < 1.29 is 23.9 Å². The minimum atomic E-state index is -0.364. The monoisotopic (exact) mass is 497 g/mol. The van der Waals surface area contributed by atoms with Crippen molar-refractivity contribution in [3.05, 3.63) is 64.6 Å². The summed E-state index contributed by atoms with van der Waals surface area (Å²) in [5, 5.41) is 0. The number of hydrogen-bond acceptors (Lipinski definition) is 7. The van der Waals surface area contributed by atoms with Gasteiger partial charge in [0.25, 0.3) is 11.8 Å². The molecule has 0 bridgehead atoms. The molecule has 1 saturated heterocycles. The van der Waals surface area contributed by atoms with E-state index >= 15 is 0 Å². The van der Waals surface area contributed by atoms with Crippen LogP contribution in [0.5, 0.6) is 11.5 Å². The molecule has 2 aliphatic heterocycles. The van der Waals surface area contributed by atoms with Gasteiger partial charge in [-0.05, 0) is 48.7 Å². The van der Waals surface area contributed by atoms with Crippen molar-refractivity contribution >= 4 is 52.1 Å². The number of hydrogen-bond donors (Lipinski definition) is 2. The Balaban J connectivity index is 1.17. The SMILES string of the molecule is O=C(CCCCCN1C(=O)/C(=C/c2ccc3c(c2)OCO3)SC1=S)NNC(=O)c1ccccc1.